The molecule has 1 aromatic carbocycles. The largest absolute Gasteiger partial charge is 0.492 e. The quantitative estimate of drug-likeness (QED) is 0.640. The summed E-state index contributed by atoms with van der Waals surface area (Å²) in [4.78, 5) is 0. The molecule has 0 bridgehead atoms. The molecule has 1 saturated carbocycles. The monoisotopic (exact) mass is 261 g/mol. The van der Waals surface area contributed by atoms with Crippen molar-refractivity contribution in [2.75, 3.05) is 13.2 Å². The topological polar surface area (TPSA) is 21.3 Å². The number of hydrogen-bond acceptors (Lipinski definition) is 2. The maximum absolute atomic E-state index is 5.77. The number of aryl methyl sites for hydroxylation is 1. The third-order valence-corrected chi connectivity index (χ3v) is 4.05. The molecule has 1 aliphatic carbocycles. The van der Waals surface area contributed by atoms with Crippen LogP contribution in [0.2, 0.25) is 0 Å². The van der Waals surface area contributed by atoms with Gasteiger partial charge in [-0.1, -0.05) is 31.9 Å². The zero-order chi connectivity index (χ0) is 13.5. The Morgan fingerprint density at radius 1 is 1.21 bits per heavy atom. The van der Waals surface area contributed by atoms with Crippen molar-refractivity contribution >= 4 is 0 Å². The van der Waals surface area contributed by atoms with E-state index in [2.05, 4.69) is 31.3 Å². The van der Waals surface area contributed by atoms with E-state index in [4.69, 9.17) is 4.74 Å². The van der Waals surface area contributed by atoms with E-state index in [0.717, 1.165) is 24.8 Å². The lowest BCUT2D eigenvalue weighted by Crippen LogP contribution is -2.32. The molecule has 2 heteroatoms. The maximum Gasteiger partial charge on any atom is 0.119 e. The van der Waals surface area contributed by atoms with Gasteiger partial charge in [-0.05, 0) is 49.8 Å². The lowest BCUT2D eigenvalue weighted by Gasteiger charge is -2.16. The van der Waals surface area contributed by atoms with E-state index in [9.17, 15) is 0 Å². The maximum atomic E-state index is 5.77. The number of benzene rings is 1. The van der Waals surface area contributed by atoms with Crippen molar-refractivity contribution < 1.29 is 4.74 Å². The zero-order valence-corrected chi connectivity index (χ0v) is 12.3. The number of rotatable bonds is 5. The van der Waals surface area contributed by atoms with E-state index in [1.54, 1.807) is 0 Å². The third-order valence-electron chi connectivity index (χ3n) is 4.05. The highest BCUT2D eigenvalue weighted by Crippen LogP contribution is 2.22. The summed E-state index contributed by atoms with van der Waals surface area (Å²) >= 11 is 0. The van der Waals surface area contributed by atoms with Gasteiger partial charge in [0.15, 0.2) is 0 Å². The first-order valence-corrected chi connectivity index (χ1v) is 7.67. The Bertz CT molecular complexity index is 377. The average Bonchev–Trinajstić information content (AvgIpc) is 2.60. The Hall–Kier alpha value is -1.02. The predicted molar refractivity (Wildman–Crippen MR) is 80.7 cm³/mol. The molecule has 2 unspecified atom stereocenters. The second-order valence-electron chi connectivity index (χ2n) is 5.93. The lowest BCUT2D eigenvalue weighted by molar-refractivity contribution is 0.300. The average molecular weight is 261 g/mol. The first kappa shape index (κ1) is 14.4. The summed E-state index contributed by atoms with van der Waals surface area (Å²) in [5.74, 6) is 1.90. The van der Waals surface area contributed by atoms with Crippen molar-refractivity contribution in [3.8, 4) is 5.75 Å². The summed E-state index contributed by atoms with van der Waals surface area (Å²) in [7, 11) is 0. The van der Waals surface area contributed by atoms with Crippen molar-refractivity contribution in [3.63, 3.8) is 0 Å². The van der Waals surface area contributed by atoms with Crippen LogP contribution in [0.25, 0.3) is 0 Å². The molecule has 1 aromatic rings. The van der Waals surface area contributed by atoms with Crippen LogP contribution in [-0.4, -0.2) is 19.2 Å². The van der Waals surface area contributed by atoms with Crippen LogP contribution in [0.15, 0.2) is 24.3 Å². The second-order valence-corrected chi connectivity index (χ2v) is 5.93. The van der Waals surface area contributed by atoms with E-state index in [1.165, 1.54) is 37.7 Å². The van der Waals surface area contributed by atoms with Crippen molar-refractivity contribution in [1.82, 2.24) is 5.32 Å². The van der Waals surface area contributed by atoms with Gasteiger partial charge in [-0.25, -0.2) is 0 Å². The highest BCUT2D eigenvalue weighted by molar-refractivity contribution is 5.27. The minimum atomic E-state index is 0.700. The van der Waals surface area contributed by atoms with Crippen LogP contribution in [-0.2, 0) is 0 Å². The first-order valence-electron chi connectivity index (χ1n) is 7.67. The molecule has 0 saturated heterocycles. The van der Waals surface area contributed by atoms with E-state index in [0.29, 0.717) is 6.04 Å². The van der Waals surface area contributed by atoms with Gasteiger partial charge in [-0.3, -0.25) is 0 Å². The molecular formula is C17H27NO. The fourth-order valence-electron chi connectivity index (χ4n) is 2.83. The van der Waals surface area contributed by atoms with Gasteiger partial charge in [0.05, 0.1) is 0 Å². The molecule has 106 valence electrons. The summed E-state index contributed by atoms with van der Waals surface area (Å²) in [6.45, 7) is 6.18. The highest BCUT2D eigenvalue weighted by Gasteiger charge is 2.15. The molecule has 0 spiro atoms. The summed E-state index contributed by atoms with van der Waals surface area (Å²) in [6.07, 6.45) is 6.80. The Morgan fingerprint density at radius 3 is 2.95 bits per heavy atom. The lowest BCUT2D eigenvalue weighted by atomic mass is 10.0. The smallest absolute Gasteiger partial charge is 0.119 e. The SMILES string of the molecule is Cc1cccc(OCCNC2CCCC(C)CC2)c1. The van der Waals surface area contributed by atoms with Gasteiger partial charge >= 0.3 is 0 Å². The molecule has 1 aliphatic rings. The summed E-state index contributed by atoms with van der Waals surface area (Å²) in [5.41, 5.74) is 1.25. The van der Waals surface area contributed by atoms with Crippen LogP contribution in [0.5, 0.6) is 5.75 Å². The van der Waals surface area contributed by atoms with Crippen molar-refractivity contribution in [3.05, 3.63) is 29.8 Å². The van der Waals surface area contributed by atoms with Crippen LogP contribution >= 0.6 is 0 Å². The molecule has 0 radical (unpaired) electrons. The molecule has 0 aromatic heterocycles. The van der Waals surface area contributed by atoms with Crippen LogP contribution in [0.3, 0.4) is 0 Å². The van der Waals surface area contributed by atoms with Crippen molar-refractivity contribution in [2.45, 2.75) is 52.0 Å². The minimum absolute atomic E-state index is 0.700. The Balaban J connectivity index is 1.64. The van der Waals surface area contributed by atoms with Crippen LogP contribution < -0.4 is 10.1 Å². The molecule has 2 nitrogen and oxygen atoms in total. The highest BCUT2D eigenvalue weighted by atomic mass is 16.5. The molecular weight excluding hydrogens is 234 g/mol. The minimum Gasteiger partial charge on any atom is -0.492 e. The van der Waals surface area contributed by atoms with E-state index in [1.807, 2.05) is 12.1 Å². The van der Waals surface area contributed by atoms with Gasteiger partial charge < -0.3 is 10.1 Å². The Kier molecular flexibility index (Phi) is 5.71. The Morgan fingerprint density at radius 2 is 2.11 bits per heavy atom. The molecule has 1 N–H and O–H groups in total. The summed E-state index contributed by atoms with van der Waals surface area (Å²) in [5, 5.41) is 3.64. The van der Waals surface area contributed by atoms with Gasteiger partial charge in [-0.15, -0.1) is 0 Å². The van der Waals surface area contributed by atoms with Crippen molar-refractivity contribution in [2.24, 2.45) is 5.92 Å². The van der Waals surface area contributed by atoms with E-state index < -0.39 is 0 Å². The zero-order valence-electron chi connectivity index (χ0n) is 12.3. The van der Waals surface area contributed by atoms with Gasteiger partial charge in [0.25, 0.3) is 0 Å². The number of ether oxygens (including phenoxy) is 1. The predicted octanol–water partition coefficient (Wildman–Crippen LogP) is 3.93. The molecule has 0 heterocycles. The van der Waals surface area contributed by atoms with E-state index >= 15 is 0 Å². The number of hydrogen-bond donors (Lipinski definition) is 1. The van der Waals surface area contributed by atoms with Gasteiger partial charge in [0.2, 0.25) is 0 Å². The van der Waals surface area contributed by atoms with Crippen LogP contribution in [0.4, 0.5) is 0 Å². The molecule has 1 fully saturated rings. The number of nitrogens with one attached hydrogen (secondary N) is 1. The second kappa shape index (κ2) is 7.54. The fourth-order valence-corrected chi connectivity index (χ4v) is 2.83. The molecule has 2 atom stereocenters. The normalized spacial score (nSPS) is 23.9. The summed E-state index contributed by atoms with van der Waals surface area (Å²) in [6, 6.07) is 8.96. The standard InChI is InChI=1S/C17H27NO/c1-14-5-3-7-16(10-9-14)18-11-12-19-17-8-4-6-15(2)13-17/h4,6,8,13-14,16,18H,3,5,7,9-12H2,1-2H3. The molecule has 0 aliphatic heterocycles. The first-order chi connectivity index (χ1) is 9.24. The molecule has 2 rings (SSSR count). The Labute approximate surface area is 117 Å². The van der Waals surface area contributed by atoms with Crippen LogP contribution in [0, 0.1) is 12.8 Å². The van der Waals surface area contributed by atoms with Crippen molar-refractivity contribution in [1.29, 1.82) is 0 Å². The molecule has 0 amide bonds. The van der Waals surface area contributed by atoms with Gasteiger partial charge in [0, 0.05) is 12.6 Å². The third kappa shape index (κ3) is 5.23. The summed E-state index contributed by atoms with van der Waals surface area (Å²) < 4.78 is 5.77. The van der Waals surface area contributed by atoms with E-state index in [-0.39, 0.29) is 0 Å². The fraction of sp³-hybridized carbons (Fsp3) is 0.647. The van der Waals surface area contributed by atoms with Crippen LogP contribution in [0.1, 0.15) is 44.6 Å². The molecule has 19 heavy (non-hydrogen) atoms. The van der Waals surface area contributed by atoms with Gasteiger partial charge in [-0.2, -0.15) is 0 Å². The van der Waals surface area contributed by atoms with Gasteiger partial charge in [0.1, 0.15) is 12.4 Å².